The molecule has 0 aliphatic rings. The molecule has 0 aromatic carbocycles. The van der Waals surface area contributed by atoms with Gasteiger partial charge in [-0.25, -0.2) is 9.97 Å². The molecule has 5 nitrogen and oxygen atoms in total. The maximum absolute atomic E-state index is 5.57. The van der Waals surface area contributed by atoms with Gasteiger partial charge in [-0.05, 0) is 18.2 Å². The van der Waals surface area contributed by atoms with Crippen LogP contribution in [0, 0.1) is 0 Å². The summed E-state index contributed by atoms with van der Waals surface area (Å²) in [4.78, 5) is 8.19. The van der Waals surface area contributed by atoms with Gasteiger partial charge >= 0.3 is 0 Å². The van der Waals surface area contributed by atoms with E-state index in [0.717, 1.165) is 5.69 Å². The lowest BCUT2D eigenvalue weighted by atomic mass is 10.4. The standard InChI is InChI=1S/C11H12N4O/c1-16-11-6-5-8(7-13-11)14-10-4-2-3-9(12)15-10/h2-7H,1H3,(H3,12,14,15). The molecule has 2 rings (SSSR count). The quantitative estimate of drug-likeness (QED) is 0.818. The number of nitrogen functional groups attached to an aromatic ring is 1. The van der Waals surface area contributed by atoms with Crippen molar-refractivity contribution in [3.63, 3.8) is 0 Å². The van der Waals surface area contributed by atoms with Crippen molar-refractivity contribution in [2.45, 2.75) is 0 Å². The zero-order valence-electron chi connectivity index (χ0n) is 8.84. The zero-order chi connectivity index (χ0) is 11.4. The smallest absolute Gasteiger partial charge is 0.213 e. The first kappa shape index (κ1) is 10.2. The highest BCUT2D eigenvalue weighted by Crippen LogP contribution is 2.16. The fourth-order valence-electron chi connectivity index (χ4n) is 1.24. The molecule has 0 aliphatic carbocycles. The van der Waals surface area contributed by atoms with Crippen LogP contribution in [0.1, 0.15) is 0 Å². The van der Waals surface area contributed by atoms with Crippen LogP contribution in [0.3, 0.4) is 0 Å². The number of hydrogen-bond donors (Lipinski definition) is 2. The Morgan fingerprint density at radius 3 is 2.75 bits per heavy atom. The van der Waals surface area contributed by atoms with Crippen molar-refractivity contribution in [2.24, 2.45) is 0 Å². The number of nitrogens with zero attached hydrogens (tertiary/aromatic N) is 2. The number of methoxy groups -OCH3 is 1. The molecule has 0 amide bonds. The van der Waals surface area contributed by atoms with Crippen molar-refractivity contribution in [2.75, 3.05) is 18.2 Å². The number of nitrogens with two attached hydrogens (primary N) is 1. The van der Waals surface area contributed by atoms with Gasteiger partial charge in [-0.1, -0.05) is 6.07 Å². The summed E-state index contributed by atoms with van der Waals surface area (Å²) >= 11 is 0. The molecule has 0 saturated carbocycles. The largest absolute Gasteiger partial charge is 0.481 e. The summed E-state index contributed by atoms with van der Waals surface area (Å²) < 4.78 is 4.96. The normalized spacial score (nSPS) is 9.81. The first-order chi connectivity index (χ1) is 7.78. The molecule has 2 aromatic rings. The third kappa shape index (κ3) is 2.38. The molecule has 16 heavy (non-hydrogen) atoms. The van der Waals surface area contributed by atoms with E-state index < -0.39 is 0 Å². The molecule has 82 valence electrons. The molecule has 0 radical (unpaired) electrons. The van der Waals surface area contributed by atoms with Gasteiger partial charge in [0.15, 0.2) is 0 Å². The number of ether oxygens (including phenoxy) is 1. The molecule has 0 aliphatic heterocycles. The van der Waals surface area contributed by atoms with Crippen LogP contribution in [0.4, 0.5) is 17.3 Å². The average molecular weight is 216 g/mol. The number of rotatable bonds is 3. The molecule has 0 unspecified atom stereocenters. The van der Waals surface area contributed by atoms with Crippen molar-refractivity contribution in [1.29, 1.82) is 0 Å². The van der Waals surface area contributed by atoms with Crippen LogP contribution in [0.5, 0.6) is 5.88 Å². The topological polar surface area (TPSA) is 73.1 Å². The van der Waals surface area contributed by atoms with Crippen molar-refractivity contribution in [3.8, 4) is 5.88 Å². The summed E-state index contributed by atoms with van der Waals surface area (Å²) in [6.45, 7) is 0. The van der Waals surface area contributed by atoms with Gasteiger partial charge in [-0.3, -0.25) is 0 Å². The zero-order valence-corrected chi connectivity index (χ0v) is 8.84. The molecule has 0 bridgehead atoms. The molecule has 0 atom stereocenters. The van der Waals surface area contributed by atoms with Crippen LogP contribution in [-0.2, 0) is 0 Å². The Bertz CT molecular complexity index is 470. The van der Waals surface area contributed by atoms with Gasteiger partial charge in [0, 0.05) is 6.07 Å². The first-order valence-corrected chi connectivity index (χ1v) is 4.77. The Kier molecular flexibility index (Phi) is 2.86. The summed E-state index contributed by atoms with van der Waals surface area (Å²) in [5.74, 6) is 1.74. The summed E-state index contributed by atoms with van der Waals surface area (Å²) in [7, 11) is 1.58. The highest BCUT2D eigenvalue weighted by Gasteiger charge is 1.97. The first-order valence-electron chi connectivity index (χ1n) is 4.77. The van der Waals surface area contributed by atoms with Gasteiger partial charge in [-0.15, -0.1) is 0 Å². The van der Waals surface area contributed by atoms with Crippen LogP contribution in [0.25, 0.3) is 0 Å². The van der Waals surface area contributed by atoms with Gasteiger partial charge < -0.3 is 15.8 Å². The van der Waals surface area contributed by atoms with Crippen LogP contribution in [0.15, 0.2) is 36.5 Å². The predicted octanol–water partition coefficient (Wildman–Crippen LogP) is 1.81. The second-order valence-corrected chi connectivity index (χ2v) is 3.16. The van der Waals surface area contributed by atoms with E-state index in [2.05, 4.69) is 15.3 Å². The number of nitrogens with one attached hydrogen (secondary N) is 1. The Hall–Kier alpha value is -2.30. The Morgan fingerprint density at radius 2 is 2.12 bits per heavy atom. The van der Waals surface area contributed by atoms with Gasteiger partial charge in [0.25, 0.3) is 0 Å². The summed E-state index contributed by atoms with van der Waals surface area (Å²) in [5.41, 5.74) is 6.40. The Labute approximate surface area is 93.3 Å². The molecule has 5 heteroatoms. The second-order valence-electron chi connectivity index (χ2n) is 3.16. The fourth-order valence-corrected chi connectivity index (χ4v) is 1.24. The van der Waals surface area contributed by atoms with Crippen LogP contribution >= 0.6 is 0 Å². The molecular weight excluding hydrogens is 204 g/mol. The fraction of sp³-hybridized carbons (Fsp3) is 0.0909. The highest BCUT2D eigenvalue weighted by molar-refractivity contribution is 5.56. The van der Waals surface area contributed by atoms with Crippen molar-refractivity contribution in [3.05, 3.63) is 36.5 Å². The van der Waals surface area contributed by atoms with E-state index in [4.69, 9.17) is 10.5 Å². The maximum Gasteiger partial charge on any atom is 0.213 e. The van der Waals surface area contributed by atoms with Crippen molar-refractivity contribution in [1.82, 2.24) is 9.97 Å². The minimum Gasteiger partial charge on any atom is -0.481 e. The second kappa shape index (κ2) is 4.48. The number of aromatic nitrogens is 2. The predicted molar refractivity (Wildman–Crippen MR) is 62.7 cm³/mol. The molecule has 0 fully saturated rings. The third-order valence-electron chi connectivity index (χ3n) is 1.99. The lowest BCUT2D eigenvalue weighted by Crippen LogP contribution is -1.97. The molecule has 2 aromatic heterocycles. The maximum atomic E-state index is 5.57. The molecule has 0 saturated heterocycles. The van der Waals surface area contributed by atoms with E-state index in [1.807, 2.05) is 18.2 Å². The minimum absolute atomic E-state index is 0.478. The Balaban J connectivity index is 2.14. The monoisotopic (exact) mass is 216 g/mol. The lowest BCUT2D eigenvalue weighted by Gasteiger charge is -2.06. The van der Waals surface area contributed by atoms with Gasteiger partial charge in [0.05, 0.1) is 19.0 Å². The minimum atomic E-state index is 0.478. The van der Waals surface area contributed by atoms with Crippen LogP contribution in [0.2, 0.25) is 0 Å². The lowest BCUT2D eigenvalue weighted by molar-refractivity contribution is 0.398. The van der Waals surface area contributed by atoms with Crippen LogP contribution < -0.4 is 15.8 Å². The van der Waals surface area contributed by atoms with E-state index in [-0.39, 0.29) is 0 Å². The van der Waals surface area contributed by atoms with E-state index >= 15 is 0 Å². The third-order valence-corrected chi connectivity index (χ3v) is 1.99. The summed E-state index contributed by atoms with van der Waals surface area (Å²) in [6, 6.07) is 9.03. The van der Waals surface area contributed by atoms with E-state index in [1.165, 1.54) is 0 Å². The van der Waals surface area contributed by atoms with Crippen molar-refractivity contribution < 1.29 is 4.74 Å². The Morgan fingerprint density at radius 1 is 1.25 bits per heavy atom. The van der Waals surface area contributed by atoms with E-state index in [9.17, 15) is 0 Å². The number of hydrogen-bond acceptors (Lipinski definition) is 5. The summed E-state index contributed by atoms with van der Waals surface area (Å²) in [5, 5.41) is 3.09. The summed E-state index contributed by atoms with van der Waals surface area (Å²) in [6.07, 6.45) is 1.67. The SMILES string of the molecule is COc1ccc(Nc2cccc(N)n2)cn1. The molecular formula is C11H12N4O. The van der Waals surface area contributed by atoms with Gasteiger partial charge in [0.2, 0.25) is 5.88 Å². The van der Waals surface area contributed by atoms with Gasteiger partial charge in [-0.2, -0.15) is 0 Å². The molecule has 2 heterocycles. The number of anilines is 3. The van der Waals surface area contributed by atoms with E-state index in [1.54, 1.807) is 25.4 Å². The van der Waals surface area contributed by atoms with Crippen LogP contribution in [-0.4, -0.2) is 17.1 Å². The van der Waals surface area contributed by atoms with Crippen molar-refractivity contribution >= 4 is 17.3 Å². The average Bonchev–Trinajstić information content (AvgIpc) is 2.30. The van der Waals surface area contributed by atoms with Gasteiger partial charge in [0.1, 0.15) is 11.6 Å². The molecule has 3 N–H and O–H groups in total. The number of pyridine rings is 2. The van der Waals surface area contributed by atoms with E-state index in [0.29, 0.717) is 17.5 Å². The molecule has 0 spiro atoms. The highest BCUT2D eigenvalue weighted by atomic mass is 16.5.